The monoisotopic (exact) mass is 498 g/mol. The van der Waals surface area contributed by atoms with Crippen LogP contribution < -0.4 is 19.9 Å². The lowest BCUT2D eigenvalue weighted by Crippen LogP contribution is -2.38. The first kappa shape index (κ1) is 23.5. The first-order chi connectivity index (χ1) is 17.2. The van der Waals surface area contributed by atoms with Crippen molar-refractivity contribution in [2.24, 2.45) is 0 Å². The van der Waals surface area contributed by atoms with E-state index in [-0.39, 0.29) is 18.3 Å². The van der Waals surface area contributed by atoms with Gasteiger partial charge in [-0.2, -0.15) is 0 Å². The Hall–Kier alpha value is -3.21. The number of carbonyl (C=O) groups excluding carboxylic acids is 1. The van der Waals surface area contributed by atoms with E-state index in [0.717, 1.165) is 43.2 Å². The number of morpholine rings is 2. The molecule has 10 heteroatoms. The fourth-order valence-electron chi connectivity index (χ4n) is 4.05. The molecule has 35 heavy (non-hydrogen) atoms. The zero-order valence-corrected chi connectivity index (χ0v) is 20.1. The van der Waals surface area contributed by atoms with Crippen molar-refractivity contribution in [1.29, 1.82) is 0 Å². The number of thiazole rings is 1. The van der Waals surface area contributed by atoms with Crippen molar-refractivity contribution in [2.45, 2.75) is 6.61 Å². The van der Waals surface area contributed by atoms with Gasteiger partial charge in [-0.1, -0.05) is 0 Å². The van der Waals surface area contributed by atoms with Gasteiger partial charge in [0.1, 0.15) is 28.9 Å². The van der Waals surface area contributed by atoms with Crippen LogP contribution in [0.3, 0.4) is 0 Å². The second kappa shape index (κ2) is 11.0. The van der Waals surface area contributed by atoms with Crippen LogP contribution in [0.2, 0.25) is 0 Å². The van der Waals surface area contributed by atoms with E-state index >= 15 is 0 Å². The Balaban J connectivity index is 1.29. The zero-order valence-electron chi connectivity index (χ0n) is 19.2. The number of nitrogens with one attached hydrogen (secondary N) is 1. The highest BCUT2D eigenvalue weighted by Gasteiger charge is 2.21. The summed E-state index contributed by atoms with van der Waals surface area (Å²) in [6, 6.07) is 11.9. The maximum atomic E-state index is 13.1. The van der Waals surface area contributed by atoms with Crippen molar-refractivity contribution >= 4 is 34.3 Å². The molecule has 0 saturated carbocycles. The first-order valence-electron chi connectivity index (χ1n) is 11.6. The quantitative estimate of drug-likeness (QED) is 0.531. The van der Waals surface area contributed by atoms with Crippen molar-refractivity contribution in [2.75, 3.05) is 67.7 Å². The van der Waals surface area contributed by atoms with Gasteiger partial charge >= 0.3 is 0 Å². The molecular formula is C25H27FN4O4S. The lowest BCUT2D eigenvalue weighted by Gasteiger charge is -2.33. The van der Waals surface area contributed by atoms with Gasteiger partial charge in [0, 0.05) is 37.2 Å². The van der Waals surface area contributed by atoms with Crippen molar-refractivity contribution in [1.82, 2.24) is 4.98 Å². The second-order valence-electron chi connectivity index (χ2n) is 8.22. The number of aromatic nitrogens is 1. The first-order valence-corrected chi connectivity index (χ1v) is 12.5. The lowest BCUT2D eigenvalue weighted by atomic mass is 10.1. The van der Waals surface area contributed by atoms with E-state index in [9.17, 15) is 9.18 Å². The number of hydrogen-bond acceptors (Lipinski definition) is 8. The molecule has 0 unspecified atom stereocenters. The van der Waals surface area contributed by atoms with Gasteiger partial charge in [-0.3, -0.25) is 4.79 Å². The molecule has 0 atom stereocenters. The van der Waals surface area contributed by atoms with Crippen molar-refractivity contribution < 1.29 is 23.4 Å². The Kier molecular flexibility index (Phi) is 7.41. The molecule has 2 fully saturated rings. The molecule has 0 aliphatic carbocycles. The number of carbonyl (C=O) groups is 1. The molecule has 2 aliphatic heterocycles. The van der Waals surface area contributed by atoms with Gasteiger partial charge in [-0.05, 0) is 42.5 Å². The van der Waals surface area contributed by atoms with Gasteiger partial charge in [0.25, 0.3) is 5.91 Å². The summed E-state index contributed by atoms with van der Waals surface area (Å²) in [5, 5.41) is 5.42. The van der Waals surface area contributed by atoms with E-state index in [1.54, 1.807) is 17.5 Å². The SMILES string of the molecule is O=C(Nc1ccc(N2CCOCC2)cc1N1CCOCC1)c1csc(COc2ccc(F)cc2)n1. The Morgan fingerprint density at radius 3 is 2.40 bits per heavy atom. The van der Waals surface area contributed by atoms with Crippen LogP contribution in [0.15, 0.2) is 47.8 Å². The van der Waals surface area contributed by atoms with Crippen LogP contribution in [-0.2, 0) is 16.1 Å². The topological polar surface area (TPSA) is 76.2 Å². The van der Waals surface area contributed by atoms with E-state index in [2.05, 4.69) is 26.2 Å². The van der Waals surface area contributed by atoms with Crippen molar-refractivity contribution in [3.63, 3.8) is 0 Å². The van der Waals surface area contributed by atoms with Crippen LogP contribution in [0.4, 0.5) is 21.5 Å². The average molecular weight is 499 g/mol. The largest absolute Gasteiger partial charge is 0.486 e. The molecular weight excluding hydrogens is 471 g/mol. The molecule has 5 rings (SSSR count). The standard InChI is InChI=1S/C25H27FN4O4S/c26-18-1-4-20(5-2-18)34-16-24-27-22(17-35-24)25(31)28-21-6-3-19(29-7-11-32-12-8-29)15-23(21)30-9-13-33-14-10-30/h1-6,15,17H,7-14,16H2,(H,28,31). The molecule has 3 aromatic rings. The number of rotatable bonds is 7. The molecule has 1 amide bonds. The molecule has 8 nitrogen and oxygen atoms in total. The summed E-state index contributed by atoms with van der Waals surface area (Å²) in [6.07, 6.45) is 0. The normalized spacial score (nSPS) is 16.3. The summed E-state index contributed by atoms with van der Waals surface area (Å²) in [6.45, 7) is 6.14. The molecule has 2 aromatic carbocycles. The smallest absolute Gasteiger partial charge is 0.275 e. The Morgan fingerprint density at radius 2 is 1.69 bits per heavy atom. The molecule has 1 N–H and O–H groups in total. The minimum atomic E-state index is -0.319. The third kappa shape index (κ3) is 5.90. The third-order valence-electron chi connectivity index (χ3n) is 5.92. The fourth-order valence-corrected chi connectivity index (χ4v) is 4.74. The lowest BCUT2D eigenvalue weighted by molar-refractivity contribution is 0.102. The molecule has 0 radical (unpaired) electrons. The number of benzene rings is 2. The third-order valence-corrected chi connectivity index (χ3v) is 6.74. The van der Waals surface area contributed by atoms with E-state index in [1.165, 1.54) is 23.5 Å². The van der Waals surface area contributed by atoms with Crippen LogP contribution in [0, 0.1) is 5.82 Å². The van der Waals surface area contributed by atoms with E-state index in [1.807, 2.05) is 12.1 Å². The predicted octanol–water partition coefficient (Wildman–Crippen LogP) is 3.79. The van der Waals surface area contributed by atoms with E-state index in [4.69, 9.17) is 14.2 Å². The second-order valence-corrected chi connectivity index (χ2v) is 9.17. The van der Waals surface area contributed by atoms with Crippen LogP contribution in [-0.4, -0.2) is 63.5 Å². The highest BCUT2D eigenvalue weighted by Crippen LogP contribution is 2.32. The Labute approximate surface area is 207 Å². The van der Waals surface area contributed by atoms with E-state index in [0.29, 0.717) is 42.9 Å². The highest BCUT2D eigenvalue weighted by atomic mass is 32.1. The van der Waals surface area contributed by atoms with Crippen LogP contribution >= 0.6 is 11.3 Å². The maximum Gasteiger partial charge on any atom is 0.275 e. The molecule has 0 spiro atoms. The summed E-state index contributed by atoms with van der Waals surface area (Å²) >= 11 is 1.35. The summed E-state index contributed by atoms with van der Waals surface area (Å²) in [4.78, 5) is 22.0. The predicted molar refractivity (Wildman–Crippen MR) is 133 cm³/mol. The molecule has 184 valence electrons. The van der Waals surface area contributed by atoms with Gasteiger partial charge in [-0.25, -0.2) is 9.37 Å². The average Bonchev–Trinajstić information content (AvgIpc) is 3.39. The molecule has 0 bridgehead atoms. The van der Waals surface area contributed by atoms with Crippen LogP contribution in [0.5, 0.6) is 5.75 Å². The minimum Gasteiger partial charge on any atom is -0.486 e. The number of anilines is 3. The molecule has 3 heterocycles. The number of hydrogen-bond donors (Lipinski definition) is 1. The van der Waals surface area contributed by atoms with Crippen LogP contribution in [0.25, 0.3) is 0 Å². The van der Waals surface area contributed by atoms with Crippen molar-refractivity contribution in [3.8, 4) is 5.75 Å². The van der Waals surface area contributed by atoms with Gasteiger partial charge < -0.3 is 29.3 Å². The number of ether oxygens (including phenoxy) is 3. The van der Waals surface area contributed by atoms with Gasteiger partial charge in [0.05, 0.1) is 37.8 Å². The van der Waals surface area contributed by atoms with E-state index < -0.39 is 0 Å². The molecule has 2 aliphatic rings. The summed E-state index contributed by atoms with van der Waals surface area (Å²) in [7, 11) is 0. The maximum absolute atomic E-state index is 13.1. The summed E-state index contributed by atoms with van der Waals surface area (Å²) in [5.41, 5.74) is 3.16. The highest BCUT2D eigenvalue weighted by molar-refractivity contribution is 7.09. The number of amides is 1. The molecule has 1 aromatic heterocycles. The van der Waals surface area contributed by atoms with Crippen molar-refractivity contribution in [3.05, 3.63) is 64.4 Å². The Bertz CT molecular complexity index is 1140. The van der Waals surface area contributed by atoms with Gasteiger partial charge in [0.15, 0.2) is 0 Å². The van der Waals surface area contributed by atoms with Crippen LogP contribution in [0.1, 0.15) is 15.5 Å². The minimum absolute atomic E-state index is 0.205. The fraction of sp³-hybridized carbons (Fsp3) is 0.360. The van der Waals surface area contributed by atoms with Gasteiger partial charge in [0.2, 0.25) is 0 Å². The van der Waals surface area contributed by atoms with Gasteiger partial charge in [-0.15, -0.1) is 11.3 Å². The summed E-state index contributed by atoms with van der Waals surface area (Å²) < 4.78 is 29.7. The zero-order chi connectivity index (χ0) is 24.0. The number of nitrogens with zero attached hydrogens (tertiary/aromatic N) is 3. The number of halogens is 1. The summed E-state index contributed by atoms with van der Waals surface area (Å²) in [5.74, 6) is -0.0500. The molecule has 2 saturated heterocycles. The Morgan fingerprint density at radius 1 is 1.00 bits per heavy atom.